The number of hydrogen-bond donors (Lipinski definition) is 3. The number of carbonyl (C=O) groups is 1. The number of nitrogens with one attached hydrogen (secondary N) is 2. The Balaban J connectivity index is 1.74. The van der Waals surface area contributed by atoms with E-state index in [1.165, 1.54) is 32.1 Å². The van der Waals surface area contributed by atoms with E-state index >= 15 is 0 Å². The van der Waals surface area contributed by atoms with E-state index in [1.54, 1.807) is 7.05 Å². The minimum Gasteiger partial charge on any atom is -0.382 e. The first-order valence-electron chi connectivity index (χ1n) is 11.0. The van der Waals surface area contributed by atoms with Gasteiger partial charge in [-0.3, -0.25) is 4.79 Å². The maximum Gasteiger partial charge on any atom is 0.249 e. The number of nitrogen functional groups attached to an aromatic ring is 1. The average molecular weight is 415 g/mol. The molecule has 2 fully saturated rings. The maximum atomic E-state index is 12.1. The van der Waals surface area contributed by atoms with Gasteiger partial charge in [0.25, 0.3) is 0 Å². The van der Waals surface area contributed by atoms with Gasteiger partial charge in [0.15, 0.2) is 11.6 Å². The van der Waals surface area contributed by atoms with Crippen molar-refractivity contribution < 1.29 is 9.53 Å². The van der Waals surface area contributed by atoms with Crippen LogP contribution in [0, 0.1) is 17.8 Å². The van der Waals surface area contributed by atoms with Crippen LogP contribution in [0.4, 0.5) is 17.3 Å². The lowest BCUT2D eigenvalue weighted by atomic mass is 9.87. The third-order valence-electron chi connectivity index (χ3n) is 5.89. The zero-order valence-electron chi connectivity index (χ0n) is 18.3. The number of aromatic nitrogens is 2. The molecule has 2 aliphatic rings. The van der Waals surface area contributed by atoms with E-state index < -0.39 is 6.10 Å². The molecule has 3 rings (SSSR count). The molecule has 1 aliphatic heterocycles. The second-order valence-corrected chi connectivity index (χ2v) is 8.05. The highest BCUT2D eigenvalue weighted by atomic mass is 16.5. The predicted octanol–water partition coefficient (Wildman–Crippen LogP) is 2.50. The summed E-state index contributed by atoms with van der Waals surface area (Å²) < 4.78 is 5.98. The van der Waals surface area contributed by atoms with Crippen LogP contribution in [0.2, 0.25) is 0 Å². The quantitative estimate of drug-likeness (QED) is 0.614. The fourth-order valence-electron chi connectivity index (χ4n) is 4.20. The summed E-state index contributed by atoms with van der Waals surface area (Å²) in [5, 5.41) is 5.90. The molecule has 1 saturated heterocycles. The summed E-state index contributed by atoms with van der Waals surface area (Å²) in [6.07, 6.45) is 8.05. The number of nitrogens with two attached hydrogens (primary N) is 1. The fourth-order valence-corrected chi connectivity index (χ4v) is 4.20. The molecule has 1 amide bonds. The zero-order chi connectivity index (χ0) is 21.5. The Morgan fingerprint density at radius 1 is 1.23 bits per heavy atom. The van der Waals surface area contributed by atoms with Gasteiger partial charge in [0, 0.05) is 27.1 Å². The van der Waals surface area contributed by atoms with Gasteiger partial charge >= 0.3 is 0 Å². The van der Waals surface area contributed by atoms with Crippen molar-refractivity contribution in [1.82, 2.24) is 15.3 Å². The molecule has 8 nitrogen and oxygen atoms in total. The number of carbonyl (C=O) groups excluding carboxylic acids is 1. The lowest BCUT2D eigenvalue weighted by Gasteiger charge is -2.27. The van der Waals surface area contributed by atoms with Crippen LogP contribution in [0.1, 0.15) is 64.1 Å². The standard InChI is InChI=1S/C22H34N6O2/c1-4-25-22(29)16-13-14-18(30-16)28(3)21-19(24-2)20(23)26-17(27-21)12-8-11-15-9-6-5-7-10-15/h15-16,18,24H,4-7,9-11,13-14H2,1-3H3,(H,25,29)(H2,23,26,27). The van der Waals surface area contributed by atoms with Crippen LogP contribution in [0.25, 0.3) is 0 Å². The largest absolute Gasteiger partial charge is 0.382 e. The summed E-state index contributed by atoms with van der Waals surface area (Å²) in [6.45, 7) is 2.49. The van der Waals surface area contributed by atoms with Crippen molar-refractivity contribution in [3.05, 3.63) is 5.82 Å². The SMILES string of the molecule is CCNC(=O)C1CCC(N(C)c2nc(C#CCC3CCCCC3)nc(N)c2NC)O1. The van der Waals surface area contributed by atoms with Crippen molar-refractivity contribution >= 4 is 23.2 Å². The van der Waals surface area contributed by atoms with Gasteiger partial charge in [-0.25, -0.2) is 9.97 Å². The molecular formula is C22H34N6O2. The van der Waals surface area contributed by atoms with Crippen LogP contribution in [-0.4, -0.2) is 48.8 Å². The summed E-state index contributed by atoms with van der Waals surface area (Å²) in [6, 6.07) is 0. The highest BCUT2D eigenvalue weighted by Gasteiger charge is 2.34. The van der Waals surface area contributed by atoms with Crippen molar-refractivity contribution in [2.75, 3.05) is 36.6 Å². The predicted molar refractivity (Wildman–Crippen MR) is 119 cm³/mol. The van der Waals surface area contributed by atoms with E-state index in [2.05, 4.69) is 32.4 Å². The molecule has 30 heavy (non-hydrogen) atoms. The molecule has 4 N–H and O–H groups in total. The summed E-state index contributed by atoms with van der Waals surface area (Å²) in [4.78, 5) is 23.0. The number of hydrogen-bond acceptors (Lipinski definition) is 7. The van der Waals surface area contributed by atoms with E-state index in [4.69, 9.17) is 10.5 Å². The second kappa shape index (κ2) is 10.5. The molecule has 0 aromatic carbocycles. The molecule has 164 valence electrons. The third kappa shape index (κ3) is 5.33. The van der Waals surface area contributed by atoms with Crippen molar-refractivity contribution in [1.29, 1.82) is 0 Å². The van der Waals surface area contributed by atoms with Gasteiger partial charge in [-0.1, -0.05) is 25.2 Å². The molecule has 8 heteroatoms. The minimum absolute atomic E-state index is 0.0706. The first-order valence-corrected chi connectivity index (χ1v) is 11.0. The smallest absolute Gasteiger partial charge is 0.249 e. The molecule has 1 aliphatic carbocycles. The Morgan fingerprint density at radius 3 is 2.70 bits per heavy atom. The lowest BCUT2D eigenvalue weighted by molar-refractivity contribution is -0.131. The average Bonchev–Trinajstić information content (AvgIpc) is 3.24. The van der Waals surface area contributed by atoms with E-state index in [0.29, 0.717) is 42.0 Å². The van der Waals surface area contributed by atoms with Crippen LogP contribution in [0.5, 0.6) is 0 Å². The van der Waals surface area contributed by atoms with Gasteiger partial charge < -0.3 is 26.0 Å². The minimum atomic E-state index is -0.440. The van der Waals surface area contributed by atoms with E-state index in [-0.39, 0.29) is 12.1 Å². The van der Waals surface area contributed by atoms with Crippen LogP contribution >= 0.6 is 0 Å². The second-order valence-electron chi connectivity index (χ2n) is 8.05. The third-order valence-corrected chi connectivity index (χ3v) is 5.89. The van der Waals surface area contributed by atoms with Crippen LogP contribution < -0.4 is 21.3 Å². The normalized spacial score (nSPS) is 21.6. The Bertz CT molecular complexity index is 797. The van der Waals surface area contributed by atoms with Crippen LogP contribution in [0.3, 0.4) is 0 Å². The van der Waals surface area contributed by atoms with Crippen LogP contribution in [0.15, 0.2) is 0 Å². The number of ether oxygens (including phenoxy) is 1. The van der Waals surface area contributed by atoms with Crippen molar-refractivity contribution in [2.24, 2.45) is 5.92 Å². The Labute approximate surface area is 179 Å². The van der Waals surface area contributed by atoms with Gasteiger partial charge in [-0.15, -0.1) is 0 Å². The molecule has 2 unspecified atom stereocenters. The van der Waals surface area contributed by atoms with Crippen molar-refractivity contribution in [3.63, 3.8) is 0 Å². The maximum absolute atomic E-state index is 12.1. The Morgan fingerprint density at radius 2 is 2.00 bits per heavy atom. The summed E-state index contributed by atoms with van der Waals surface area (Å²) >= 11 is 0. The molecule has 0 spiro atoms. The number of anilines is 3. The van der Waals surface area contributed by atoms with Gasteiger partial charge in [0.05, 0.1) is 0 Å². The zero-order valence-corrected chi connectivity index (χ0v) is 18.3. The number of likely N-dealkylation sites (N-methyl/N-ethyl adjacent to an activating group) is 1. The van der Waals surface area contributed by atoms with E-state index in [9.17, 15) is 4.79 Å². The lowest BCUT2D eigenvalue weighted by Crippen LogP contribution is -2.38. The Kier molecular flexibility index (Phi) is 7.75. The highest BCUT2D eigenvalue weighted by Crippen LogP contribution is 2.32. The summed E-state index contributed by atoms with van der Waals surface area (Å²) in [5.41, 5.74) is 6.83. The first kappa shape index (κ1) is 22.2. The van der Waals surface area contributed by atoms with Crippen molar-refractivity contribution in [3.8, 4) is 11.8 Å². The number of nitrogens with zero attached hydrogens (tertiary/aromatic N) is 3. The Hall–Kier alpha value is -2.53. The van der Waals surface area contributed by atoms with Gasteiger partial charge in [-0.05, 0) is 44.4 Å². The fraction of sp³-hybridized carbons (Fsp3) is 0.682. The first-order chi connectivity index (χ1) is 14.5. The molecule has 1 saturated carbocycles. The topological polar surface area (TPSA) is 105 Å². The molecule has 1 aromatic heterocycles. The molecule has 0 radical (unpaired) electrons. The highest BCUT2D eigenvalue weighted by molar-refractivity contribution is 5.81. The molecular weight excluding hydrogens is 380 g/mol. The molecule has 0 bridgehead atoms. The van der Waals surface area contributed by atoms with Crippen LogP contribution in [-0.2, 0) is 9.53 Å². The summed E-state index contributed by atoms with van der Waals surface area (Å²) in [7, 11) is 3.68. The van der Waals surface area contributed by atoms with Gasteiger partial charge in [-0.2, -0.15) is 0 Å². The number of amides is 1. The molecule has 1 aromatic rings. The van der Waals surface area contributed by atoms with Gasteiger partial charge in [0.2, 0.25) is 11.7 Å². The van der Waals surface area contributed by atoms with Gasteiger partial charge in [0.1, 0.15) is 18.0 Å². The van der Waals surface area contributed by atoms with E-state index in [1.807, 2.05) is 18.9 Å². The number of rotatable bonds is 6. The summed E-state index contributed by atoms with van der Waals surface area (Å²) in [5.74, 6) is 8.37. The molecule has 2 heterocycles. The van der Waals surface area contributed by atoms with Crippen molar-refractivity contribution in [2.45, 2.75) is 70.6 Å². The monoisotopic (exact) mass is 414 g/mol. The molecule has 2 atom stereocenters. The van der Waals surface area contributed by atoms with E-state index in [0.717, 1.165) is 12.8 Å².